The lowest BCUT2D eigenvalue weighted by Gasteiger charge is -2.14. The molecule has 0 radical (unpaired) electrons. The van der Waals surface area contributed by atoms with Crippen LogP contribution in [0.4, 0.5) is 5.69 Å². The van der Waals surface area contributed by atoms with Crippen LogP contribution in [0.2, 0.25) is 5.02 Å². The van der Waals surface area contributed by atoms with Crippen molar-refractivity contribution in [1.82, 2.24) is 5.32 Å². The number of amides is 1. The number of hydrogen-bond donors (Lipinski definition) is 2. The summed E-state index contributed by atoms with van der Waals surface area (Å²) in [7, 11) is 0. The van der Waals surface area contributed by atoms with Gasteiger partial charge in [-0.15, -0.1) is 0 Å². The summed E-state index contributed by atoms with van der Waals surface area (Å²) in [5.74, 6) is -0.136. The van der Waals surface area contributed by atoms with Crippen molar-refractivity contribution >= 4 is 23.2 Å². The van der Waals surface area contributed by atoms with E-state index in [1.807, 2.05) is 6.92 Å². The van der Waals surface area contributed by atoms with Crippen molar-refractivity contribution in [2.75, 3.05) is 5.73 Å². The monoisotopic (exact) mass is 254 g/mol. The van der Waals surface area contributed by atoms with Gasteiger partial charge in [0.05, 0.1) is 5.56 Å². The van der Waals surface area contributed by atoms with E-state index in [0.29, 0.717) is 16.3 Å². The van der Waals surface area contributed by atoms with E-state index in [-0.39, 0.29) is 11.9 Å². The molecule has 0 aromatic heterocycles. The quantitative estimate of drug-likeness (QED) is 0.793. The van der Waals surface area contributed by atoms with Crippen LogP contribution in [-0.4, -0.2) is 11.9 Å². The summed E-state index contributed by atoms with van der Waals surface area (Å²) in [5.41, 5.74) is 6.65. The van der Waals surface area contributed by atoms with Gasteiger partial charge in [0.25, 0.3) is 5.91 Å². The van der Waals surface area contributed by atoms with Crippen LogP contribution in [0.25, 0.3) is 0 Å². The summed E-state index contributed by atoms with van der Waals surface area (Å²) in [6, 6.07) is 5.08. The molecule has 3 nitrogen and oxygen atoms in total. The lowest BCUT2D eigenvalue weighted by atomic mass is 10.1. The predicted molar refractivity (Wildman–Crippen MR) is 72.3 cm³/mol. The van der Waals surface area contributed by atoms with Crippen LogP contribution >= 0.6 is 11.6 Å². The van der Waals surface area contributed by atoms with Gasteiger partial charge in [0.1, 0.15) is 0 Å². The van der Waals surface area contributed by atoms with Crippen LogP contribution in [-0.2, 0) is 0 Å². The zero-order chi connectivity index (χ0) is 12.8. The fourth-order valence-electron chi connectivity index (χ4n) is 1.62. The molecule has 3 N–H and O–H groups in total. The first-order chi connectivity index (χ1) is 8.04. The number of carbonyl (C=O) groups is 1. The second-order valence-electron chi connectivity index (χ2n) is 4.25. The van der Waals surface area contributed by atoms with Crippen LogP contribution in [0.5, 0.6) is 0 Å². The molecule has 1 rings (SSSR count). The van der Waals surface area contributed by atoms with E-state index in [4.69, 9.17) is 17.3 Å². The Morgan fingerprint density at radius 2 is 2.24 bits per heavy atom. The normalized spacial score (nSPS) is 12.2. The highest BCUT2D eigenvalue weighted by molar-refractivity contribution is 6.31. The Labute approximate surface area is 107 Å². The van der Waals surface area contributed by atoms with E-state index in [1.165, 1.54) is 0 Å². The minimum Gasteiger partial charge on any atom is -0.398 e. The van der Waals surface area contributed by atoms with Crippen molar-refractivity contribution in [3.8, 4) is 0 Å². The van der Waals surface area contributed by atoms with Crippen molar-refractivity contribution in [2.24, 2.45) is 0 Å². The maximum Gasteiger partial charge on any atom is 0.253 e. The molecule has 1 aromatic rings. The third-order valence-corrected chi connectivity index (χ3v) is 2.86. The number of anilines is 1. The first kappa shape index (κ1) is 13.8. The van der Waals surface area contributed by atoms with Gasteiger partial charge < -0.3 is 11.1 Å². The molecule has 0 spiro atoms. The smallest absolute Gasteiger partial charge is 0.253 e. The predicted octanol–water partition coefficient (Wildman–Crippen LogP) is 3.23. The van der Waals surface area contributed by atoms with Crippen LogP contribution < -0.4 is 11.1 Å². The minimum absolute atomic E-state index is 0.136. The first-order valence-electron chi connectivity index (χ1n) is 5.90. The number of nitrogen functional groups attached to an aromatic ring is 1. The highest BCUT2D eigenvalue weighted by atomic mass is 35.5. The van der Waals surface area contributed by atoms with Crippen molar-refractivity contribution in [2.45, 2.75) is 39.2 Å². The molecule has 0 saturated heterocycles. The molecular formula is C13H19ClN2O. The number of nitrogens with one attached hydrogen (secondary N) is 1. The van der Waals surface area contributed by atoms with Gasteiger partial charge >= 0.3 is 0 Å². The highest BCUT2D eigenvalue weighted by Crippen LogP contribution is 2.18. The molecule has 17 heavy (non-hydrogen) atoms. The fraction of sp³-hybridized carbons (Fsp3) is 0.462. The van der Waals surface area contributed by atoms with E-state index in [1.54, 1.807) is 18.2 Å². The number of unbranched alkanes of at least 4 members (excludes halogenated alkanes) is 1. The molecule has 0 bridgehead atoms. The molecular weight excluding hydrogens is 236 g/mol. The average Bonchev–Trinajstić information content (AvgIpc) is 2.26. The Hall–Kier alpha value is -1.22. The van der Waals surface area contributed by atoms with E-state index in [2.05, 4.69) is 12.2 Å². The Kier molecular flexibility index (Phi) is 5.29. The van der Waals surface area contributed by atoms with Gasteiger partial charge in [0.2, 0.25) is 0 Å². The maximum atomic E-state index is 11.9. The van der Waals surface area contributed by atoms with Crippen LogP contribution in [0, 0.1) is 0 Å². The standard InChI is InChI=1S/C13H19ClN2O/c1-3-4-5-9(2)16-13(17)11-7-6-10(14)8-12(11)15/h6-9H,3-5,15H2,1-2H3,(H,16,17). The number of benzene rings is 1. The number of nitrogens with two attached hydrogens (primary N) is 1. The van der Waals surface area contributed by atoms with Gasteiger partial charge in [-0.1, -0.05) is 31.4 Å². The highest BCUT2D eigenvalue weighted by Gasteiger charge is 2.12. The second kappa shape index (κ2) is 6.50. The topological polar surface area (TPSA) is 55.1 Å². The Morgan fingerprint density at radius 1 is 1.53 bits per heavy atom. The second-order valence-corrected chi connectivity index (χ2v) is 4.68. The summed E-state index contributed by atoms with van der Waals surface area (Å²) < 4.78 is 0. The third-order valence-electron chi connectivity index (χ3n) is 2.63. The summed E-state index contributed by atoms with van der Waals surface area (Å²) in [5, 5.41) is 3.47. The molecule has 4 heteroatoms. The van der Waals surface area contributed by atoms with E-state index >= 15 is 0 Å². The fourth-order valence-corrected chi connectivity index (χ4v) is 1.80. The van der Waals surface area contributed by atoms with Crippen molar-refractivity contribution < 1.29 is 4.79 Å². The van der Waals surface area contributed by atoms with Gasteiger partial charge in [-0.25, -0.2) is 0 Å². The van der Waals surface area contributed by atoms with Gasteiger partial charge in [0.15, 0.2) is 0 Å². The van der Waals surface area contributed by atoms with Gasteiger partial charge in [-0.05, 0) is 31.5 Å². The lowest BCUT2D eigenvalue weighted by molar-refractivity contribution is 0.0939. The Morgan fingerprint density at radius 3 is 2.82 bits per heavy atom. The molecule has 94 valence electrons. The number of rotatable bonds is 5. The van der Waals surface area contributed by atoms with Crippen LogP contribution in [0.3, 0.4) is 0 Å². The van der Waals surface area contributed by atoms with Gasteiger partial charge in [-0.3, -0.25) is 4.79 Å². The SMILES string of the molecule is CCCCC(C)NC(=O)c1ccc(Cl)cc1N. The van der Waals surface area contributed by atoms with Crippen LogP contribution in [0.1, 0.15) is 43.5 Å². The Balaban J connectivity index is 2.63. The lowest BCUT2D eigenvalue weighted by Crippen LogP contribution is -2.32. The molecule has 0 aliphatic carbocycles. The summed E-state index contributed by atoms with van der Waals surface area (Å²) in [4.78, 5) is 11.9. The van der Waals surface area contributed by atoms with Gasteiger partial charge in [0, 0.05) is 16.8 Å². The third kappa shape index (κ3) is 4.27. The summed E-state index contributed by atoms with van der Waals surface area (Å²) >= 11 is 5.78. The van der Waals surface area contributed by atoms with E-state index in [0.717, 1.165) is 19.3 Å². The minimum atomic E-state index is -0.136. The zero-order valence-corrected chi connectivity index (χ0v) is 11.1. The summed E-state index contributed by atoms with van der Waals surface area (Å²) in [6.45, 7) is 4.13. The van der Waals surface area contributed by atoms with E-state index < -0.39 is 0 Å². The molecule has 1 unspecified atom stereocenters. The number of carbonyl (C=O) groups excluding carboxylic acids is 1. The molecule has 1 amide bonds. The molecule has 1 aromatic carbocycles. The molecule has 0 heterocycles. The van der Waals surface area contributed by atoms with E-state index in [9.17, 15) is 4.79 Å². The van der Waals surface area contributed by atoms with Crippen molar-refractivity contribution in [3.63, 3.8) is 0 Å². The molecule has 0 aliphatic heterocycles. The average molecular weight is 255 g/mol. The molecule has 0 saturated carbocycles. The van der Waals surface area contributed by atoms with Crippen LogP contribution in [0.15, 0.2) is 18.2 Å². The molecule has 0 fully saturated rings. The van der Waals surface area contributed by atoms with Crippen molar-refractivity contribution in [3.05, 3.63) is 28.8 Å². The maximum absolute atomic E-state index is 11.9. The van der Waals surface area contributed by atoms with Gasteiger partial charge in [-0.2, -0.15) is 0 Å². The molecule has 1 atom stereocenters. The largest absolute Gasteiger partial charge is 0.398 e. The number of halogens is 1. The zero-order valence-electron chi connectivity index (χ0n) is 10.3. The summed E-state index contributed by atoms with van der Waals surface area (Å²) in [6.07, 6.45) is 3.22. The molecule has 0 aliphatic rings. The van der Waals surface area contributed by atoms with Crippen molar-refractivity contribution in [1.29, 1.82) is 0 Å². The number of hydrogen-bond acceptors (Lipinski definition) is 2. The Bertz CT molecular complexity index is 393. The first-order valence-corrected chi connectivity index (χ1v) is 6.28.